The van der Waals surface area contributed by atoms with Gasteiger partial charge in [-0.15, -0.1) is 0 Å². The summed E-state index contributed by atoms with van der Waals surface area (Å²) in [6.07, 6.45) is 1.36. The van der Waals surface area contributed by atoms with E-state index in [0.29, 0.717) is 13.0 Å². The standard InChI is InChI=1S/C8H14N4O2S/c9-7(12-14)2-1-3-10-4-6-5-15-8(13)11-6/h5,10,14H,1-4H2,(H2,9,12)(H,11,13). The molecule has 6 nitrogen and oxygen atoms in total. The van der Waals surface area contributed by atoms with Crippen LogP contribution in [0.2, 0.25) is 0 Å². The van der Waals surface area contributed by atoms with Crippen LogP contribution in [0.25, 0.3) is 0 Å². The van der Waals surface area contributed by atoms with Crippen molar-refractivity contribution in [1.82, 2.24) is 10.3 Å². The van der Waals surface area contributed by atoms with Gasteiger partial charge >= 0.3 is 4.87 Å². The van der Waals surface area contributed by atoms with Gasteiger partial charge in [-0.25, -0.2) is 0 Å². The van der Waals surface area contributed by atoms with E-state index in [-0.39, 0.29) is 10.7 Å². The Morgan fingerprint density at radius 1 is 1.73 bits per heavy atom. The lowest BCUT2D eigenvalue weighted by Crippen LogP contribution is -2.18. The number of H-pyrrole nitrogens is 1. The lowest BCUT2D eigenvalue weighted by Gasteiger charge is -2.01. The zero-order chi connectivity index (χ0) is 11.1. The van der Waals surface area contributed by atoms with E-state index in [1.165, 1.54) is 0 Å². The van der Waals surface area contributed by atoms with Crippen LogP contribution in [0.1, 0.15) is 18.5 Å². The third-order valence-corrected chi connectivity index (χ3v) is 2.52. The molecule has 84 valence electrons. The van der Waals surface area contributed by atoms with Crippen LogP contribution in [0.5, 0.6) is 0 Å². The van der Waals surface area contributed by atoms with E-state index in [1.807, 2.05) is 0 Å². The molecule has 0 fully saturated rings. The Hall–Kier alpha value is -1.34. The maximum absolute atomic E-state index is 10.8. The van der Waals surface area contributed by atoms with Gasteiger partial charge in [-0.1, -0.05) is 16.5 Å². The number of nitrogens with zero attached hydrogens (tertiary/aromatic N) is 1. The molecule has 0 amide bonds. The molecule has 1 aromatic heterocycles. The number of amidine groups is 1. The third-order valence-electron chi connectivity index (χ3n) is 1.80. The molecular weight excluding hydrogens is 216 g/mol. The summed E-state index contributed by atoms with van der Waals surface area (Å²) in [4.78, 5) is 13.4. The monoisotopic (exact) mass is 230 g/mol. The van der Waals surface area contributed by atoms with Gasteiger partial charge in [-0.05, 0) is 13.0 Å². The first-order valence-corrected chi connectivity index (χ1v) is 5.44. The number of oxime groups is 1. The van der Waals surface area contributed by atoms with Gasteiger partial charge in [0.1, 0.15) is 5.84 Å². The average Bonchev–Trinajstić information content (AvgIpc) is 2.63. The summed E-state index contributed by atoms with van der Waals surface area (Å²) in [7, 11) is 0. The minimum Gasteiger partial charge on any atom is -0.409 e. The molecule has 1 heterocycles. The molecule has 0 aliphatic rings. The van der Waals surface area contributed by atoms with Crippen LogP contribution in [0.15, 0.2) is 15.3 Å². The van der Waals surface area contributed by atoms with Crippen LogP contribution < -0.4 is 15.9 Å². The van der Waals surface area contributed by atoms with Gasteiger partial charge in [-0.2, -0.15) is 0 Å². The van der Waals surface area contributed by atoms with Crippen molar-refractivity contribution in [2.45, 2.75) is 19.4 Å². The second-order valence-corrected chi connectivity index (χ2v) is 3.89. The summed E-state index contributed by atoms with van der Waals surface area (Å²) in [6, 6.07) is 0. The van der Waals surface area contributed by atoms with Gasteiger partial charge in [0.05, 0.1) is 0 Å². The highest BCUT2D eigenvalue weighted by Crippen LogP contribution is 1.94. The molecule has 0 spiro atoms. The van der Waals surface area contributed by atoms with Gasteiger partial charge < -0.3 is 21.2 Å². The van der Waals surface area contributed by atoms with Crippen molar-refractivity contribution in [2.75, 3.05) is 6.54 Å². The van der Waals surface area contributed by atoms with Gasteiger partial charge in [0.2, 0.25) is 0 Å². The summed E-state index contributed by atoms with van der Waals surface area (Å²) >= 11 is 1.15. The molecule has 0 radical (unpaired) electrons. The SMILES string of the molecule is NC(CCCNCc1csc(=O)[nH]1)=NO. The second-order valence-electron chi connectivity index (χ2n) is 3.05. The Labute approximate surface area is 90.8 Å². The van der Waals surface area contributed by atoms with Gasteiger partial charge in [0, 0.05) is 24.0 Å². The number of hydrogen-bond acceptors (Lipinski definition) is 5. The topological polar surface area (TPSA) is 104 Å². The van der Waals surface area contributed by atoms with E-state index in [1.54, 1.807) is 5.38 Å². The number of aromatic amines is 1. The molecule has 15 heavy (non-hydrogen) atoms. The zero-order valence-electron chi connectivity index (χ0n) is 8.19. The number of rotatable bonds is 6. The summed E-state index contributed by atoms with van der Waals surface area (Å²) < 4.78 is 0. The molecule has 0 atom stereocenters. The summed E-state index contributed by atoms with van der Waals surface area (Å²) in [5.41, 5.74) is 6.18. The summed E-state index contributed by atoms with van der Waals surface area (Å²) in [6.45, 7) is 1.39. The van der Waals surface area contributed by atoms with E-state index in [2.05, 4.69) is 15.5 Å². The molecule has 0 bridgehead atoms. The quantitative estimate of drug-likeness (QED) is 0.182. The van der Waals surface area contributed by atoms with Crippen molar-refractivity contribution in [1.29, 1.82) is 0 Å². The molecular formula is C8H14N4O2S. The second kappa shape index (κ2) is 6.20. The molecule has 0 aliphatic carbocycles. The first kappa shape index (κ1) is 11.7. The highest BCUT2D eigenvalue weighted by molar-refractivity contribution is 7.07. The van der Waals surface area contributed by atoms with Gasteiger partial charge in [0.15, 0.2) is 0 Å². The zero-order valence-corrected chi connectivity index (χ0v) is 9.01. The third kappa shape index (κ3) is 4.61. The first-order valence-electron chi connectivity index (χ1n) is 4.56. The molecule has 0 aromatic carbocycles. The van der Waals surface area contributed by atoms with E-state index >= 15 is 0 Å². The summed E-state index contributed by atoms with van der Waals surface area (Å²) in [5.74, 6) is 0.237. The van der Waals surface area contributed by atoms with Crippen molar-refractivity contribution in [2.24, 2.45) is 10.9 Å². The van der Waals surface area contributed by atoms with E-state index in [9.17, 15) is 4.79 Å². The number of nitrogens with two attached hydrogens (primary N) is 1. The minimum absolute atomic E-state index is 0.0385. The Kier molecular flexibility index (Phi) is 4.85. The van der Waals surface area contributed by atoms with Crippen LogP contribution in [0.4, 0.5) is 0 Å². The van der Waals surface area contributed by atoms with Crippen molar-refractivity contribution in [3.8, 4) is 0 Å². The largest absolute Gasteiger partial charge is 0.409 e. The number of nitrogens with one attached hydrogen (secondary N) is 2. The molecule has 1 rings (SSSR count). The van der Waals surface area contributed by atoms with E-state index in [4.69, 9.17) is 10.9 Å². The highest BCUT2D eigenvalue weighted by Gasteiger charge is 1.96. The van der Waals surface area contributed by atoms with Crippen molar-refractivity contribution in [3.63, 3.8) is 0 Å². The molecule has 0 aliphatic heterocycles. The molecule has 5 N–H and O–H groups in total. The number of aromatic nitrogens is 1. The molecule has 0 saturated heterocycles. The van der Waals surface area contributed by atoms with Gasteiger partial charge in [0.25, 0.3) is 0 Å². The van der Waals surface area contributed by atoms with Crippen molar-refractivity contribution >= 4 is 17.2 Å². The van der Waals surface area contributed by atoms with Crippen LogP contribution >= 0.6 is 11.3 Å². The Morgan fingerprint density at radius 3 is 3.13 bits per heavy atom. The maximum Gasteiger partial charge on any atom is 0.304 e. The smallest absolute Gasteiger partial charge is 0.304 e. The van der Waals surface area contributed by atoms with Crippen molar-refractivity contribution in [3.05, 3.63) is 20.7 Å². The van der Waals surface area contributed by atoms with Crippen LogP contribution in [0, 0.1) is 0 Å². The predicted octanol–water partition coefficient (Wildman–Crippen LogP) is 0.0526. The van der Waals surface area contributed by atoms with Crippen LogP contribution in [0.3, 0.4) is 0 Å². The molecule has 7 heteroatoms. The minimum atomic E-state index is -0.0385. The lowest BCUT2D eigenvalue weighted by atomic mass is 10.3. The number of hydrogen-bond donors (Lipinski definition) is 4. The molecule has 0 unspecified atom stereocenters. The predicted molar refractivity (Wildman–Crippen MR) is 59.3 cm³/mol. The van der Waals surface area contributed by atoms with Crippen LogP contribution in [-0.2, 0) is 6.54 Å². The molecule has 0 saturated carbocycles. The van der Waals surface area contributed by atoms with Crippen molar-refractivity contribution < 1.29 is 5.21 Å². The first-order chi connectivity index (χ1) is 7.22. The van der Waals surface area contributed by atoms with Crippen LogP contribution in [-0.4, -0.2) is 22.6 Å². The fraction of sp³-hybridized carbons (Fsp3) is 0.500. The van der Waals surface area contributed by atoms with E-state index < -0.39 is 0 Å². The highest BCUT2D eigenvalue weighted by atomic mass is 32.1. The Morgan fingerprint density at radius 2 is 2.53 bits per heavy atom. The fourth-order valence-corrected chi connectivity index (χ4v) is 1.65. The number of thiazole rings is 1. The fourth-order valence-electron chi connectivity index (χ4n) is 1.07. The lowest BCUT2D eigenvalue weighted by molar-refractivity contribution is 0.316. The normalized spacial score (nSPS) is 11.9. The average molecular weight is 230 g/mol. The Bertz CT molecular complexity index is 371. The Balaban J connectivity index is 2.10. The molecule has 1 aromatic rings. The summed E-state index contributed by atoms with van der Waals surface area (Å²) in [5, 5.41) is 16.1. The maximum atomic E-state index is 10.8. The van der Waals surface area contributed by atoms with Gasteiger partial charge in [-0.3, -0.25) is 4.79 Å². The van der Waals surface area contributed by atoms with E-state index in [0.717, 1.165) is 30.0 Å².